The summed E-state index contributed by atoms with van der Waals surface area (Å²) in [6, 6.07) is 20.6. The first-order chi connectivity index (χ1) is 25.3. The van der Waals surface area contributed by atoms with Crippen molar-refractivity contribution in [2.45, 2.75) is 0 Å². The van der Waals surface area contributed by atoms with Gasteiger partial charge in [0, 0.05) is 36.9 Å². The van der Waals surface area contributed by atoms with Crippen LogP contribution in [0.15, 0.2) is 147 Å². The minimum Gasteiger partial charge on any atom is -0.907 e. The summed E-state index contributed by atoms with van der Waals surface area (Å²) in [6.45, 7) is 0. The largest absolute Gasteiger partial charge is 3.00 e. The van der Waals surface area contributed by atoms with Crippen molar-refractivity contribution in [1.82, 2.24) is 50.8 Å². The summed E-state index contributed by atoms with van der Waals surface area (Å²) < 4.78 is 51.7. The SMILES string of the molecule is Fc1ccc(-c2[c-]nccc2)c(F)c1.Fc1ccc(-c2[c-]nccc2)c(F)c1.[Ir+3].[O-]B([O-])[O-].c1cn[n-]c1.c1cn[n-]c1.c1cn[n-]c1.c1cn[n-]c1. The first kappa shape index (κ1) is 44.9. The van der Waals surface area contributed by atoms with E-state index in [1.807, 2.05) is 0 Å². The third-order valence-corrected chi connectivity index (χ3v) is 5.15. The Balaban J connectivity index is 0.000000330. The minimum atomic E-state index is -2.92. The molecule has 0 bridgehead atoms. The maximum Gasteiger partial charge on any atom is 3.00 e. The molecule has 53 heavy (non-hydrogen) atoms. The van der Waals surface area contributed by atoms with E-state index in [-0.39, 0.29) is 20.1 Å². The molecule has 0 saturated carbocycles. The first-order valence-electron chi connectivity index (χ1n) is 14.3. The molecule has 0 spiro atoms. The summed E-state index contributed by atoms with van der Waals surface area (Å²) in [5.41, 5.74) is 1.65. The van der Waals surface area contributed by atoms with Gasteiger partial charge in [-0.05, 0) is 24.5 Å². The molecular weight excluding hydrogens is 875 g/mol. The Hall–Kier alpha value is -6.11. The second-order valence-electron chi connectivity index (χ2n) is 8.75. The third kappa shape index (κ3) is 21.7. The maximum absolute atomic E-state index is 13.2. The smallest absolute Gasteiger partial charge is 0.907 e. The van der Waals surface area contributed by atoms with E-state index in [0.717, 1.165) is 12.1 Å². The molecule has 0 saturated heterocycles. The van der Waals surface area contributed by atoms with Crippen LogP contribution >= 0.6 is 0 Å². The van der Waals surface area contributed by atoms with Crippen LogP contribution in [-0.4, -0.2) is 37.7 Å². The van der Waals surface area contributed by atoms with Crippen LogP contribution in [0.2, 0.25) is 0 Å². The Bertz CT molecular complexity index is 1670. The summed E-state index contributed by atoms with van der Waals surface area (Å²) in [5.74, 6) is -2.38. The van der Waals surface area contributed by atoms with Crippen molar-refractivity contribution in [3.63, 3.8) is 0 Å². The van der Waals surface area contributed by atoms with Crippen molar-refractivity contribution in [2.24, 2.45) is 0 Å². The van der Waals surface area contributed by atoms with E-state index in [0.29, 0.717) is 22.3 Å². The zero-order chi connectivity index (χ0) is 37.7. The fourth-order valence-corrected chi connectivity index (χ4v) is 3.14. The zero-order valence-corrected chi connectivity index (χ0v) is 29.4. The van der Waals surface area contributed by atoms with E-state index in [2.05, 4.69) is 63.2 Å². The summed E-state index contributed by atoms with van der Waals surface area (Å²) in [4.78, 5) is 7.48. The van der Waals surface area contributed by atoms with Crippen molar-refractivity contribution in [3.05, 3.63) is 183 Å². The van der Waals surface area contributed by atoms with Crippen molar-refractivity contribution in [2.75, 3.05) is 0 Å². The van der Waals surface area contributed by atoms with E-state index in [1.165, 1.54) is 24.3 Å². The van der Waals surface area contributed by atoms with Crippen LogP contribution in [0.1, 0.15) is 0 Å². The molecule has 2 aromatic carbocycles. The molecule has 19 heteroatoms. The van der Waals surface area contributed by atoms with Crippen LogP contribution in [-0.2, 0) is 20.1 Å². The van der Waals surface area contributed by atoms with Crippen molar-refractivity contribution >= 4 is 7.32 Å². The van der Waals surface area contributed by atoms with Crippen LogP contribution in [0.5, 0.6) is 0 Å². The quantitative estimate of drug-likeness (QED) is 0.138. The molecule has 0 atom stereocenters. The standard InChI is InChI=1S/2C11H6F2N.4C3H3N2.BO3.Ir/c2*12-9-3-4-10(11(13)6-9)8-2-1-5-14-7-8;4*1-2-4-5-3-1;2-1(3)4;/h2*1-6H;4*1-3H;;/q6*-1;-3;+3. The predicted octanol–water partition coefficient (Wildman–Crippen LogP) is 1.86. The molecule has 6 aromatic heterocycles. The van der Waals surface area contributed by atoms with Gasteiger partial charge in [0.05, 0.1) is 11.6 Å². The van der Waals surface area contributed by atoms with Gasteiger partial charge >= 0.3 is 20.1 Å². The van der Waals surface area contributed by atoms with Gasteiger partial charge < -0.3 is 65.8 Å². The van der Waals surface area contributed by atoms with Crippen molar-refractivity contribution < 1.29 is 52.7 Å². The number of halogens is 4. The van der Waals surface area contributed by atoms with Gasteiger partial charge in [0.1, 0.15) is 11.6 Å². The Morgan fingerprint density at radius 1 is 0.472 bits per heavy atom. The number of pyridine rings is 2. The molecule has 0 aliphatic carbocycles. The summed E-state index contributed by atoms with van der Waals surface area (Å²) >= 11 is 0. The number of aromatic nitrogens is 10. The molecule has 0 aliphatic heterocycles. The average Bonchev–Trinajstić information content (AvgIpc) is 3.99. The molecule has 0 N–H and O–H groups in total. The number of hydrogen-bond donors (Lipinski definition) is 0. The molecule has 0 aliphatic rings. The van der Waals surface area contributed by atoms with Gasteiger partial charge in [-0.2, -0.15) is 24.8 Å². The molecule has 8 aromatic rings. The second kappa shape index (κ2) is 28.6. The van der Waals surface area contributed by atoms with E-state index >= 15 is 0 Å². The third-order valence-electron chi connectivity index (χ3n) is 5.15. The predicted molar refractivity (Wildman–Crippen MR) is 173 cm³/mol. The molecule has 274 valence electrons. The summed E-state index contributed by atoms with van der Waals surface area (Å²) in [6.07, 6.45) is 21.5. The fraction of sp³-hybridized carbons (Fsp3) is 0. The van der Waals surface area contributed by atoms with Gasteiger partial charge in [0.2, 0.25) is 0 Å². The monoisotopic (exact) mass is 900 g/mol. The number of hydrogen-bond acceptors (Lipinski definition) is 9. The average molecular weight is 900 g/mol. The van der Waals surface area contributed by atoms with Crippen LogP contribution in [0, 0.1) is 35.7 Å². The number of rotatable bonds is 2. The Morgan fingerprint density at radius 3 is 0.981 bits per heavy atom. The molecule has 0 unspecified atom stereocenters. The minimum absolute atomic E-state index is 0. The molecular formula is C34H24BF4IrN10O3-6. The van der Waals surface area contributed by atoms with E-state index in [9.17, 15) is 17.6 Å². The van der Waals surface area contributed by atoms with Gasteiger partial charge in [0.15, 0.2) is 0 Å². The Kier molecular flexibility index (Phi) is 24.2. The Morgan fingerprint density at radius 2 is 0.792 bits per heavy atom. The molecule has 0 fully saturated rings. The van der Waals surface area contributed by atoms with Crippen LogP contribution in [0.3, 0.4) is 0 Å². The van der Waals surface area contributed by atoms with E-state index in [1.54, 1.807) is 110 Å². The number of benzene rings is 2. The first-order valence-corrected chi connectivity index (χ1v) is 14.3. The van der Waals surface area contributed by atoms with Gasteiger partial charge in [-0.3, -0.25) is 7.32 Å². The van der Waals surface area contributed by atoms with Gasteiger partial charge in [-0.15, -0.1) is 35.4 Å². The molecule has 8 rings (SSSR count). The fourth-order valence-electron chi connectivity index (χ4n) is 3.14. The van der Waals surface area contributed by atoms with Gasteiger partial charge in [0.25, 0.3) is 0 Å². The van der Waals surface area contributed by atoms with E-state index < -0.39 is 30.6 Å². The van der Waals surface area contributed by atoms with Crippen molar-refractivity contribution in [3.8, 4) is 22.3 Å². The topological polar surface area (TPSA) is 203 Å². The normalized spacial score (nSPS) is 8.89. The number of nitrogens with zero attached hydrogens (tertiary/aromatic N) is 10. The van der Waals surface area contributed by atoms with Crippen LogP contribution in [0.25, 0.3) is 22.3 Å². The van der Waals surface area contributed by atoms with Gasteiger partial charge in [-0.25, -0.2) is 17.6 Å². The maximum atomic E-state index is 13.2. The molecule has 13 nitrogen and oxygen atoms in total. The molecule has 0 amide bonds. The van der Waals surface area contributed by atoms with Crippen molar-refractivity contribution in [1.29, 1.82) is 0 Å². The van der Waals surface area contributed by atoms with E-state index in [4.69, 9.17) is 15.1 Å². The zero-order valence-electron chi connectivity index (χ0n) is 27.0. The van der Waals surface area contributed by atoms with Crippen LogP contribution in [0.4, 0.5) is 17.6 Å². The summed E-state index contributed by atoms with van der Waals surface area (Å²) in [7, 11) is -2.92. The van der Waals surface area contributed by atoms with Crippen LogP contribution < -0.4 is 35.5 Å². The second-order valence-corrected chi connectivity index (χ2v) is 8.75. The Labute approximate surface area is 314 Å². The molecule has 6 heterocycles. The van der Waals surface area contributed by atoms with Gasteiger partial charge in [-0.1, -0.05) is 59.9 Å². The summed E-state index contributed by atoms with van der Waals surface area (Å²) in [5, 5.41) is 53.0. The molecule has 0 radical (unpaired) electrons.